The highest BCUT2D eigenvalue weighted by atomic mass is 35.5. The van der Waals surface area contributed by atoms with Crippen LogP contribution in [0.25, 0.3) is 11.0 Å². The minimum absolute atomic E-state index is 0.0630. The lowest BCUT2D eigenvalue weighted by Crippen LogP contribution is -2.25. The average Bonchev–Trinajstić information content (AvgIpc) is 3.24. The van der Waals surface area contributed by atoms with Gasteiger partial charge in [-0.25, -0.2) is 18.2 Å². The van der Waals surface area contributed by atoms with Gasteiger partial charge in [0.15, 0.2) is 0 Å². The molecule has 0 aliphatic carbocycles. The molecule has 14 heteroatoms. The fourth-order valence-corrected chi connectivity index (χ4v) is 4.75. The molecule has 0 aliphatic rings. The van der Waals surface area contributed by atoms with E-state index in [1.807, 2.05) is 0 Å². The third-order valence-corrected chi connectivity index (χ3v) is 7.20. The van der Waals surface area contributed by atoms with E-state index >= 15 is 0 Å². The molecule has 0 radical (unpaired) electrons. The van der Waals surface area contributed by atoms with E-state index in [0.717, 1.165) is 6.07 Å². The van der Waals surface area contributed by atoms with E-state index in [2.05, 4.69) is 15.6 Å². The third-order valence-electron chi connectivity index (χ3n) is 6.08. The lowest BCUT2D eigenvalue weighted by atomic mass is 10.1. The van der Waals surface area contributed by atoms with E-state index in [1.54, 1.807) is 23.7 Å². The maximum atomic E-state index is 13.5. The predicted octanol–water partition coefficient (Wildman–Crippen LogP) is 5.77. The summed E-state index contributed by atoms with van der Waals surface area (Å²) in [6.07, 6.45) is -2.65. The van der Waals surface area contributed by atoms with Crippen molar-refractivity contribution < 1.29 is 32.6 Å². The van der Waals surface area contributed by atoms with Crippen molar-refractivity contribution in [3.63, 3.8) is 0 Å². The normalized spacial score (nSPS) is 11.2. The predicted molar refractivity (Wildman–Crippen MR) is 150 cm³/mol. The van der Waals surface area contributed by atoms with Crippen LogP contribution in [0.2, 0.25) is 15.1 Å². The van der Waals surface area contributed by atoms with Crippen molar-refractivity contribution in [2.75, 3.05) is 18.5 Å². The van der Waals surface area contributed by atoms with E-state index in [4.69, 9.17) is 44.6 Å². The number of imidazole rings is 1. The second kappa shape index (κ2) is 13.0. The Morgan fingerprint density at radius 3 is 2.54 bits per heavy atom. The molecule has 4 rings (SSSR count). The van der Waals surface area contributed by atoms with Gasteiger partial charge < -0.3 is 25.0 Å². The molecule has 0 saturated heterocycles. The molecule has 3 N–H and O–H groups in total. The fraction of sp³-hybridized carbons (Fsp3) is 0.222. The highest BCUT2D eigenvalue weighted by Gasteiger charge is 2.21. The number of hydrogen-bond donors (Lipinski definition) is 3. The number of aryl methyl sites for hydroxylation is 1. The number of hydrogen-bond acceptors (Lipinski definition) is 5. The average molecular weight is 630 g/mol. The molecule has 0 atom stereocenters. The molecule has 0 bridgehead atoms. The number of fused-ring (bicyclic) bond motifs is 1. The van der Waals surface area contributed by atoms with Gasteiger partial charge in [-0.3, -0.25) is 9.59 Å². The SMILES string of the molecule is Cn1c(Cc2c(Cl)ccc(CNC(=O)CO)c2Cl)nc2cc(C(=O)Nc3ccc(F)c(Cl)c3)c(OCC(F)F)cc21. The van der Waals surface area contributed by atoms with Gasteiger partial charge in [0, 0.05) is 36.8 Å². The molecule has 0 saturated carbocycles. The molecule has 41 heavy (non-hydrogen) atoms. The molecule has 1 aromatic heterocycles. The van der Waals surface area contributed by atoms with Gasteiger partial charge in [-0.1, -0.05) is 40.9 Å². The van der Waals surface area contributed by atoms with Crippen molar-refractivity contribution in [1.82, 2.24) is 14.9 Å². The van der Waals surface area contributed by atoms with Gasteiger partial charge in [-0.05, 0) is 41.5 Å². The maximum absolute atomic E-state index is 13.5. The zero-order valence-corrected chi connectivity index (χ0v) is 23.5. The zero-order valence-electron chi connectivity index (χ0n) is 21.3. The first-order chi connectivity index (χ1) is 19.5. The molecular weight excluding hydrogens is 608 g/mol. The minimum atomic E-state index is -2.79. The van der Waals surface area contributed by atoms with Crippen molar-refractivity contribution >= 4 is 63.3 Å². The number of aromatic nitrogens is 2. The molecule has 0 aliphatic heterocycles. The summed E-state index contributed by atoms with van der Waals surface area (Å²) < 4.78 is 46.5. The van der Waals surface area contributed by atoms with Gasteiger partial charge in [0.2, 0.25) is 5.91 Å². The third kappa shape index (κ3) is 7.05. The molecule has 1 heterocycles. The van der Waals surface area contributed by atoms with Crippen LogP contribution in [-0.2, 0) is 24.8 Å². The van der Waals surface area contributed by atoms with Crippen LogP contribution in [0.15, 0.2) is 42.5 Å². The number of ether oxygens (including phenoxy) is 1. The topological polar surface area (TPSA) is 105 Å². The summed E-state index contributed by atoms with van der Waals surface area (Å²) in [5.41, 5.74) is 2.01. The molecular formula is C27H22Cl3F3N4O4. The van der Waals surface area contributed by atoms with Crippen molar-refractivity contribution in [2.45, 2.75) is 19.4 Å². The Morgan fingerprint density at radius 1 is 1.10 bits per heavy atom. The first-order valence-electron chi connectivity index (χ1n) is 12.0. The quantitative estimate of drug-likeness (QED) is 0.207. The van der Waals surface area contributed by atoms with Crippen LogP contribution in [0.4, 0.5) is 18.9 Å². The lowest BCUT2D eigenvalue weighted by molar-refractivity contribution is -0.123. The largest absolute Gasteiger partial charge is 0.487 e. The highest BCUT2D eigenvalue weighted by molar-refractivity contribution is 6.36. The summed E-state index contributed by atoms with van der Waals surface area (Å²) >= 11 is 18.8. The van der Waals surface area contributed by atoms with Gasteiger partial charge in [0.25, 0.3) is 12.3 Å². The van der Waals surface area contributed by atoms with Crippen LogP contribution in [-0.4, -0.2) is 46.1 Å². The molecule has 0 unspecified atom stereocenters. The Balaban J connectivity index is 1.70. The maximum Gasteiger partial charge on any atom is 0.272 e. The number of halogens is 6. The minimum Gasteiger partial charge on any atom is -0.487 e. The standard InChI is InChI=1S/C27H22Cl3F3N4O4/c1-37-21-9-22(41-12-23(32)33)16(27(40)35-14-3-5-19(31)18(29)6-14)7-20(21)36-24(37)8-15-17(28)4-2-13(26(15)30)10-34-25(39)11-38/h2-7,9,23,38H,8,10-12H2,1H3,(H,34,39)(H,35,40). The van der Waals surface area contributed by atoms with Crippen LogP contribution >= 0.6 is 34.8 Å². The van der Waals surface area contributed by atoms with Gasteiger partial charge in [0.05, 0.1) is 26.6 Å². The van der Waals surface area contributed by atoms with Crippen LogP contribution in [0.3, 0.4) is 0 Å². The number of aliphatic hydroxyl groups excluding tert-OH is 1. The summed E-state index contributed by atoms with van der Waals surface area (Å²) in [7, 11) is 1.69. The number of carbonyl (C=O) groups excluding carboxylic acids is 2. The Morgan fingerprint density at radius 2 is 1.85 bits per heavy atom. The first kappa shape index (κ1) is 30.4. The number of amides is 2. The number of carbonyl (C=O) groups is 2. The summed E-state index contributed by atoms with van der Waals surface area (Å²) in [6.45, 7) is -1.56. The summed E-state index contributed by atoms with van der Waals surface area (Å²) in [5.74, 6) is -1.60. The number of alkyl halides is 2. The molecule has 0 spiro atoms. The van der Waals surface area contributed by atoms with Crippen molar-refractivity contribution in [3.05, 3.63) is 85.9 Å². The summed E-state index contributed by atoms with van der Waals surface area (Å²) in [4.78, 5) is 29.2. The Bertz CT molecular complexity index is 1630. The number of benzene rings is 3. The number of rotatable bonds is 10. The number of nitrogens with one attached hydrogen (secondary N) is 2. The molecule has 3 aromatic carbocycles. The monoisotopic (exact) mass is 628 g/mol. The van der Waals surface area contributed by atoms with Gasteiger partial charge in [-0.2, -0.15) is 0 Å². The van der Waals surface area contributed by atoms with Crippen LogP contribution in [0.5, 0.6) is 5.75 Å². The van der Waals surface area contributed by atoms with Crippen molar-refractivity contribution in [2.24, 2.45) is 7.05 Å². The van der Waals surface area contributed by atoms with E-state index in [1.165, 1.54) is 24.3 Å². The number of aliphatic hydroxyl groups is 1. The van der Waals surface area contributed by atoms with E-state index in [9.17, 15) is 22.8 Å². The molecule has 8 nitrogen and oxygen atoms in total. The number of nitrogens with zero attached hydrogens (tertiary/aromatic N) is 2. The highest BCUT2D eigenvalue weighted by Crippen LogP contribution is 2.33. The van der Waals surface area contributed by atoms with E-state index in [0.29, 0.717) is 38.0 Å². The van der Waals surface area contributed by atoms with Gasteiger partial charge >= 0.3 is 0 Å². The molecule has 0 fully saturated rings. The van der Waals surface area contributed by atoms with Crippen molar-refractivity contribution in [3.8, 4) is 5.75 Å². The van der Waals surface area contributed by atoms with Gasteiger partial charge in [-0.15, -0.1) is 0 Å². The van der Waals surface area contributed by atoms with Crippen molar-refractivity contribution in [1.29, 1.82) is 0 Å². The summed E-state index contributed by atoms with van der Waals surface area (Å²) in [5, 5.41) is 14.4. The molecule has 216 valence electrons. The second-order valence-electron chi connectivity index (χ2n) is 8.82. The van der Waals surface area contributed by atoms with E-state index in [-0.39, 0.29) is 35.0 Å². The first-order valence-corrected chi connectivity index (χ1v) is 13.1. The fourth-order valence-electron chi connectivity index (χ4n) is 4.00. The van der Waals surface area contributed by atoms with Crippen LogP contribution < -0.4 is 15.4 Å². The second-order valence-corrected chi connectivity index (χ2v) is 10.0. The van der Waals surface area contributed by atoms with E-state index < -0.39 is 37.3 Å². The molecule has 2 amide bonds. The lowest BCUT2D eigenvalue weighted by Gasteiger charge is -2.13. The summed E-state index contributed by atoms with van der Waals surface area (Å²) in [6, 6.07) is 9.66. The Hall–Kier alpha value is -3.51. The zero-order chi connectivity index (χ0) is 29.8. The molecule has 4 aromatic rings. The smallest absolute Gasteiger partial charge is 0.272 e. The Labute approximate surface area is 247 Å². The van der Waals surface area contributed by atoms with Crippen LogP contribution in [0.1, 0.15) is 27.3 Å². The van der Waals surface area contributed by atoms with Gasteiger partial charge in [0.1, 0.15) is 30.6 Å². The van der Waals surface area contributed by atoms with Crippen LogP contribution in [0, 0.1) is 5.82 Å². The Kier molecular flexibility index (Phi) is 9.64. The number of anilines is 1.